The highest BCUT2D eigenvalue weighted by Crippen LogP contribution is 2.51. The lowest BCUT2D eigenvalue weighted by molar-refractivity contribution is 0.311. The van der Waals surface area contributed by atoms with Crippen molar-refractivity contribution in [1.29, 1.82) is 0 Å². The van der Waals surface area contributed by atoms with Gasteiger partial charge in [-0.3, -0.25) is 0 Å². The van der Waals surface area contributed by atoms with Crippen LogP contribution in [0, 0.1) is 0 Å². The number of allylic oxidation sites excluding steroid dienone is 2. The fourth-order valence-corrected chi connectivity index (χ4v) is 10.1. The smallest absolute Gasteiger partial charge is 0.0715 e. The predicted molar refractivity (Wildman–Crippen MR) is 157 cm³/mol. The largest absolute Gasteiger partial charge is 0.304 e. The van der Waals surface area contributed by atoms with E-state index in [-0.39, 0.29) is 0 Å². The first-order valence-corrected chi connectivity index (χ1v) is 17.1. The summed E-state index contributed by atoms with van der Waals surface area (Å²) in [5, 5.41) is 0. The van der Waals surface area contributed by atoms with Crippen molar-refractivity contribution in [3.8, 4) is 0 Å². The first-order chi connectivity index (χ1) is 16.9. The quantitative estimate of drug-likeness (QED) is 0.285. The molecule has 0 amide bonds. The summed E-state index contributed by atoms with van der Waals surface area (Å²) in [6, 6.07) is 18.6. The molecule has 2 atom stereocenters. The van der Waals surface area contributed by atoms with Gasteiger partial charge in [0.05, 0.1) is 8.07 Å². The molecule has 0 N–H and O–H groups in total. The van der Waals surface area contributed by atoms with Crippen molar-refractivity contribution in [1.82, 2.24) is 9.80 Å². The lowest BCUT2D eigenvalue weighted by Gasteiger charge is -2.35. The third-order valence-corrected chi connectivity index (χ3v) is 13.0. The monoisotopic (exact) mass is 486 g/mol. The van der Waals surface area contributed by atoms with Gasteiger partial charge in [-0.05, 0) is 83.5 Å². The molecule has 188 valence electrons. The van der Waals surface area contributed by atoms with Crippen LogP contribution in [0.5, 0.6) is 0 Å². The minimum Gasteiger partial charge on any atom is -0.304 e. The molecular weight excluding hydrogens is 440 g/mol. The predicted octanol–water partition coefficient (Wildman–Crippen LogP) is 7.60. The maximum absolute atomic E-state index is 2.69. The van der Waals surface area contributed by atoms with Crippen LogP contribution in [0.3, 0.4) is 0 Å². The summed E-state index contributed by atoms with van der Waals surface area (Å²) in [5.74, 6) is 0. The van der Waals surface area contributed by atoms with Gasteiger partial charge in [0.2, 0.25) is 0 Å². The molecule has 0 heterocycles. The van der Waals surface area contributed by atoms with E-state index in [9.17, 15) is 0 Å². The minimum atomic E-state index is -1.75. The van der Waals surface area contributed by atoms with E-state index in [1.807, 2.05) is 0 Å². The standard InChI is InChI=1S/C32H46N2Si/c1-7-33(8-2)21-19-25-23-31(29-17-13-11-15-27(25)29)35(5,6)32-24-26(20-22-34(9-3)10-4)28-16-12-14-18-30(28)32/h11-18,23-24,31-32H,7-10,19-22H2,1-6H3/t31-,32+. The molecular formula is C32H46N2Si. The van der Waals surface area contributed by atoms with Gasteiger partial charge in [-0.25, -0.2) is 0 Å². The van der Waals surface area contributed by atoms with Gasteiger partial charge in [0.1, 0.15) is 0 Å². The van der Waals surface area contributed by atoms with E-state index < -0.39 is 8.07 Å². The van der Waals surface area contributed by atoms with Crippen molar-refractivity contribution in [2.24, 2.45) is 0 Å². The fourth-order valence-electron chi connectivity index (χ4n) is 6.38. The number of hydrogen-bond donors (Lipinski definition) is 0. The average molecular weight is 487 g/mol. The van der Waals surface area contributed by atoms with Gasteiger partial charge in [-0.2, -0.15) is 0 Å². The number of benzene rings is 2. The summed E-state index contributed by atoms with van der Waals surface area (Å²) in [6.07, 6.45) is 7.69. The molecule has 2 aromatic carbocycles. The molecule has 0 saturated heterocycles. The van der Waals surface area contributed by atoms with Gasteiger partial charge in [0, 0.05) is 13.1 Å². The van der Waals surface area contributed by atoms with E-state index >= 15 is 0 Å². The van der Waals surface area contributed by atoms with Crippen molar-refractivity contribution in [2.45, 2.75) is 64.7 Å². The number of fused-ring (bicyclic) bond motifs is 2. The minimum absolute atomic E-state index is 0.571. The molecule has 0 aromatic heterocycles. The van der Waals surface area contributed by atoms with Crippen LogP contribution in [0.2, 0.25) is 13.1 Å². The zero-order chi connectivity index (χ0) is 25.0. The maximum atomic E-state index is 2.69. The molecule has 0 unspecified atom stereocenters. The molecule has 2 aromatic rings. The Kier molecular flexibility index (Phi) is 8.52. The second-order valence-electron chi connectivity index (χ2n) is 10.9. The Morgan fingerprint density at radius 2 is 0.971 bits per heavy atom. The third kappa shape index (κ3) is 5.28. The Morgan fingerprint density at radius 3 is 1.34 bits per heavy atom. The van der Waals surface area contributed by atoms with E-state index in [1.165, 1.54) is 11.1 Å². The van der Waals surface area contributed by atoms with Gasteiger partial charge in [0.15, 0.2) is 0 Å². The first-order valence-electron chi connectivity index (χ1n) is 14.0. The first kappa shape index (κ1) is 26.1. The molecule has 2 aliphatic rings. The zero-order valence-electron chi connectivity index (χ0n) is 23.0. The Morgan fingerprint density at radius 1 is 0.600 bits per heavy atom. The molecule has 3 heteroatoms. The Hall–Kier alpha value is -1.94. The summed E-state index contributed by atoms with van der Waals surface area (Å²) < 4.78 is 0. The van der Waals surface area contributed by atoms with Gasteiger partial charge < -0.3 is 9.80 Å². The number of nitrogens with zero attached hydrogens (tertiary/aromatic N) is 2. The topological polar surface area (TPSA) is 6.48 Å². The van der Waals surface area contributed by atoms with Crippen LogP contribution in [0.4, 0.5) is 0 Å². The molecule has 4 rings (SSSR count). The van der Waals surface area contributed by atoms with E-state index in [0.29, 0.717) is 11.1 Å². The van der Waals surface area contributed by atoms with Crippen LogP contribution in [0.25, 0.3) is 11.1 Å². The maximum Gasteiger partial charge on any atom is 0.0715 e. The highest BCUT2D eigenvalue weighted by Gasteiger charge is 2.44. The highest BCUT2D eigenvalue weighted by atomic mass is 28.3. The molecule has 2 aliphatic carbocycles. The fraction of sp³-hybridized carbons (Fsp3) is 0.500. The normalized spacial score (nSPS) is 19.2. The lowest BCUT2D eigenvalue weighted by atomic mass is 10.0. The van der Waals surface area contributed by atoms with Crippen LogP contribution >= 0.6 is 0 Å². The van der Waals surface area contributed by atoms with Gasteiger partial charge in [-0.1, -0.05) is 101 Å². The van der Waals surface area contributed by atoms with Gasteiger partial charge in [-0.15, -0.1) is 0 Å². The zero-order valence-corrected chi connectivity index (χ0v) is 24.0. The van der Waals surface area contributed by atoms with Crippen molar-refractivity contribution in [2.75, 3.05) is 39.3 Å². The summed E-state index contributed by atoms with van der Waals surface area (Å²) in [7, 11) is -1.75. The number of hydrogen-bond acceptors (Lipinski definition) is 2. The SMILES string of the molecule is CCN(CC)CCC1=C[C@@H]([Si](C)(C)[C@H]2C=C(CCN(CC)CC)c3ccccc32)c2ccccc21. The van der Waals surface area contributed by atoms with E-state index in [2.05, 4.69) is 111 Å². The third-order valence-electron chi connectivity index (χ3n) is 8.81. The van der Waals surface area contributed by atoms with Gasteiger partial charge in [0.25, 0.3) is 0 Å². The molecule has 2 nitrogen and oxygen atoms in total. The van der Waals surface area contributed by atoms with Crippen molar-refractivity contribution < 1.29 is 0 Å². The second kappa shape index (κ2) is 11.4. The van der Waals surface area contributed by atoms with Crippen LogP contribution in [-0.4, -0.2) is 57.1 Å². The second-order valence-corrected chi connectivity index (χ2v) is 15.8. The van der Waals surface area contributed by atoms with Crippen LogP contribution in [-0.2, 0) is 0 Å². The van der Waals surface area contributed by atoms with Crippen LogP contribution in [0.15, 0.2) is 60.7 Å². The molecule has 0 aliphatic heterocycles. The van der Waals surface area contributed by atoms with Crippen LogP contribution < -0.4 is 0 Å². The Bertz CT molecular complexity index is 975. The molecule has 0 saturated carbocycles. The lowest BCUT2D eigenvalue weighted by Crippen LogP contribution is -2.40. The Labute approximate surface area is 215 Å². The van der Waals surface area contributed by atoms with E-state index in [0.717, 1.165) is 52.1 Å². The summed E-state index contributed by atoms with van der Waals surface area (Å²) >= 11 is 0. The van der Waals surface area contributed by atoms with E-state index in [4.69, 9.17) is 0 Å². The van der Waals surface area contributed by atoms with Crippen molar-refractivity contribution >= 4 is 19.2 Å². The average Bonchev–Trinajstić information content (AvgIpc) is 3.45. The van der Waals surface area contributed by atoms with Crippen LogP contribution in [0.1, 0.15) is 73.9 Å². The molecule has 0 bridgehead atoms. The van der Waals surface area contributed by atoms with Crippen molar-refractivity contribution in [3.05, 3.63) is 82.9 Å². The van der Waals surface area contributed by atoms with E-state index in [1.54, 1.807) is 22.3 Å². The summed E-state index contributed by atoms with van der Waals surface area (Å²) in [4.78, 5) is 5.11. The molecule has 0 spiro atoms. The van der Waals surface area contributed by atoms with Gasteiger partial charge >= 0.3 is 0 Å². The molecule has 35 heavy (non-hydrogen) atoms. The molecule has 0 radical (unpaired) electrons. The van der Waals surface area contributed by atoms with Crippen molar-refractivity contribution in [3.63, 3.8) is 0 Å². The summed E-state index contributed by atoms with van der Waals surface area (Å²) in [6.45, 7) is 21.2. The highest BCUT2D eigenvalue weighted by molar-refractivity contribution is 6.81. The Balaban J connectivity index is 1.65. The summed E-state index contributed by atoms with van der Waals surface area (Å²) in [5.41, 5.74) is 10.5. The number of rotatable bonds is 12. The molecule has 0 fully saturated rings.